The monoisotopic (exact) mass is 323 g/mol. The first-order chi connectivity index (χ1) is 10.6. The van der Waals surface area contributed by atoms with Gasteiger partial charge in [-0.25, -0.2) is 4.79 Å². The number of likely N-dealkylation sites (tertiary alicyclic amines) is 1. The number of nitrogens with zero attached hydrogens (tertiary/aromatic N) is 1. The van der Waals surface area contributed by atoms with Crippen LogP contribution >= 0.6 is 11.6 Å². The van der Waals surface area contributed by atoms with Gasteiger partial charge in [-0.2, -0.15) is 0 Å². The highest BCUT2D eigenvalue weighted by Crippen LogP contribution is 2.17. The number of hydrogen-bond donors (Lipinski definition) is 2. The molecule has 1 aliphatic rings. The van der Waals surface area contributed by atoms with Crippen LogP contribution in [0.25, 0.3) is 0 Å². The Morgan fingerprint density at radius 3 is 2.68 bits per heavy atom. The molecule has 0 spiro atoms. The Morgan fingerprint density at radius 2 is 2.05 bits per heavy atom. The van der Waals surface area contributed by atoms with E-state index in [0.29, 0.717) is 24.7 Å². The summed E-state index contributed by atoms with van der Waals surface area (Å²) < 4.78 is 0. The normalized spacial score (nSPS) is 15.5. The topological polar surface area (TPSA) is 61.4 Å². The van der Waals surface area contributed by atoms with Crippen molar-refractivity contribution < 1.29 is 9.59 Å². The zero-order valence-corrected chi connectivity index (χ0v) is 13.5. The third-order valence-corrected chi connectivity index (χ3v) is 4.21. The zero-order valence-electron chi connectivity index (χ0n) is 12.8. The molecular weight excluding hydrogens is 302 g/mol. The van der Waals surface area contributed by atoms with Crippen molar-refractivity contribution in [2.75, 3.05) is 26.7 Å². The van der Waals surface area contributed by atoms with Crippen LogP contribution in [0.15, 0.2) is 24.3 Å². The van der Waals surface area contributed by atoms with Crippen LogP contribution in [-0.4, -0.2) is 43.5 Å². The van der Waals surface area contributed by atoms with E-state index in [1.165, 1.54) is 0 Å². The predicted octanol–water partition coefficient (Wildman–Crippen LogP) is 2.05. The second kappa shape index (κ2) is 8.03. The summed E-state index contributed by atoms with van der Waals surface area (Å²) in [4.78, 5) is 25.4. The molecular formula is C16H22ClN3O2. The summed E-state index contributed by atoms with van der Waals surface area (Å²) >= 11 is 5.93. The average Bonchev–Trinajstić information content (AvgIpc) is 2.54. The van der Waals surface area contributed by atoms with E-state index in [2.05, 4.69) is 10.6 Å². The Kier molecular flexibility index (Phi) is 6.07. The Bertz CT molecular complexity index is 528. The van der Waals surface area contributed by atoms with E-state index in [1.807, 2.05) is 24.3 Å². The van der Waals surface area contributed by atoms with Crippen LogP contribution in [-0.2, 0) is 11.2 Å². The number of urea groups is 1. The third-order valence-electron chi connectivity index (χ3n) is 3.98. The molecule has 1 fully saturated rings. The van der Waals surface area contributed by atoms with Crippen LogP contribution in [0.4, 0.5) is 4.79 Å². The standard InChI is InChI=1S/C16H22ClN3O2/c1-18-15(21)13-6-9-20(10-7-13)16(22)19-8-5-12-3-2-4-14(17)11-12/h2-4,11,13H,5-10H2,1H3,(H,18,21)(H,19,22). The molecule has 0 aromatic heterocycles. The Labute approximate surface area is 136 Å². The Balaban J connectivity index is 1.71. The first-order valence-corrected chi connectivity index (χ1v) is 7.96. The van der Waals surface area contributed by atoms with Crippen LogP contribution in [0.2, 0.25) is 5.02 Å². The van der Waals surface area contributed by atoms with Crippen LogP contribution in [0, 0.1) is 5.92 Å². The summed E-state index contributed by atoms with van der Waals surface area (Å²) in [5, 5.41) is 6.30. The number of carbonyl (C=O) groups excluding carboxylic acids is 2. The van der Waals surface area contributed by atoms with E-state index in [9.17, 15) is 9.59 Å². The van der Waals surface area contributed by atoms with Gasteiger partial charge in [0.15, 0.2) is 0 Å². The Morgan fingerprint density at radius 1 is 1.32 bits per heavy atom. The highest BCUT2D eigenvalue weighted by Gasteiger charge is 2.26. The second-order valence-corrected chi connectivity index (χ2v) is 5.92. The minimum absolute atomic E-state index is 0.0283. The molecule has 0 unspecified atom stereocenters. The number of nitrogens with one attached hydrogen (secondary N) is 2. The number of rotatable bonds is 4. The van der Waals surface area contributed by atoms with Gasteiger partial charge in [0.2, 0.25) is 5.91 Å². The van der Waals surface area contributed by atoms with Crippen molar-refractivity contribution in [3.8, 4) is 0 Å². The van der Waals surface area contributed by atoms with Gasteiger partial charge in [-0.3, -0.25) is 4.79 Å². The van der Waals surface area contributed by atoms with Crippen LogP contribution in [0.1, 0.15) is 18.4 Å². The molecule has 3 amide bonds. The van der Waals surface area contributed by atoms with E-state index < -0.39 is 0 Å². The molecule has 0 radical (unpaired) electrons. The number of piperidine rings is 1. The van der Waals surface area contributed by atoms with Crippen molar-refractivity contribution >= 4 is 23.5 Å². The summed E-state index contributed by atoms with van der Waals surface area (Å²) in [7, 11) is 1.65. The highest BCUT2D eigenvalue weighted by molar-refractivity contribution is 6.30. The molecule has 1 aromatic rings. The molecule has 0 bridgehead atoms. The number of halogens is 1. The number of hydrogen-bond acceptors (Lipinski definition) is 2. The van der Waals surface area contributed by atoms with Gasteiger partial charge in [0.25, 0.3) is 0 Å². The lowest BCUT2D eigenvalue weighted by Crippen LogP contribution is -2.47. The highest BCUT2D eigenvalue weighted by atomic mass is 35.5. The molecule has 120 valence electrons. The van der Waals surface area contributed by atoms with E-state index in [4.69, 9.17) is 11.6 Å². The molecule has 0 saturated carbocycles. The number of carbonyl (C=O) groups is 2. The molecule has 1 aliphatic heterocycles. The van der Waals surface area contributed by atoms with Crippen LogP contribution < -0.4 is 10.6 Å². The molecule has 0 atom stereocenters. The maximum absolute atomic E-state index is 12.1. The quantitative estimate of drug-likeness (QED) is 0.891. The fraction of sp³-hybridized carbons (Fsp3) is 0.500. The van der Waals surface area contributed by atoms with Gasteiger partial charge in [-0.15, -0.1) is 0 Å². The van der Waals surface area contributed by atoms with Crippen molar-refractivity contribution in [2.24, 2.45) is 5.92 Å². The van der Waals surface area contributed by atoms with Crippen LogP contribution in [0.5, 0.6) is 0 Å². The molecule has 22 heavy (non-hydrogen) atoms. The van der Waals surface area contributed by atoms with Crippen molar-refractivity contribution in [2.45, 2.75) is 19.3 Å². The van der Waals surface area contributed by atoms with Crippen molar-refractivity contribution in [1.29, 1.82) is 0 Å². The lowest BCUT2D eigenvalue weighted by Gasteiger charge is -2.31. The van der Waals surface area contributed by atoms with E-state index >= 15 is 0 Å². The fourth-order valence-corrected chi connectivity index (χ4v) is 2.88. The fourth-order valence-electron chi connectivity index (χ4n) is 2.67. The first-order valence-electron chi connectivity index (χ1n) is 7.59. The molecule has 1 heterocycles. The minimum atomic E-state index is -0.0580. The van der Waals surface area contributed by atoms with Crippen LogP contribution in [0.3, 0.4) is 0 Å². The molecule has 6 heteroatoms. The number of benzene rings is 1. The van der Waals surface area contributed by atoms with E-state index in [-0.39, 0.29) is 17.9 Å². The number of amides is 3. The summed E-state index contributed by atoms with van der Waals surface area (Å²) in [5.74, 6) is 0.0986. The predicted molar refractivity (Wildman–Crippen MR) is 86.9 cm³/mol. The molecule has 1 saturated heterocycles. The van der Waals surface area contributed by atoms with Crippen molar-refractivity contribution in [1.82, 2.24) is 15.5 Å². The summed E-state index contributed by atoms with van der Waals surface area (Å²) in [6.07, 6.45) is 2.20. The lowest BCUT2D eigenvalue weighted by molar-refractivity contribution is -0.125. The Hall–Kier alpha value is -1.75. The van der Waals surface area contributed by atoms with Crippen molar-refractivity contribution in [3.63, 3.8) is 0 Å². The molecule has 2 rings (SSSR count). The molecule has 0 aliphatic carbocycles. The van der Waals surface area contributed by atoms with Gasteiger partial charge in [0.1, 0.15) is 0 Å². The first kappa shape index (κ1) is 16.6. The molecule has 1 aromatic carbocycles. The third kappa shape index (κ3) is 4.63. The smallest absolute Gasteiger partial charge is 0.317 e. The lowest BCUT2D eigenvalue weighted by atomic mass is 9.96. The van der Waals surface area contributed by atoms with Gasteiger partial charge >= 0.3 is 6.03 Å². The summed E-state index contributed by atoms with van der Waals surface area (Å²) in [6, 6.07) is 7.58. The summed E-state index contributed by atoms with van der Waals surface area (Å²) in [5.41, 5.74) is 1.10. The average molecular weight is 324 g/mol. The maximum Gasteiger partial charge on any atom is 0.317 e. The molecule has 2 N–H and O–H groups in total. The minimum Gasteiger partial charge on any atom is -0.359 e. The van der Waals surface area contributed by atoms with Gasteiger partial charge < -0.3 is 15.5 Å². The van der Waals surface area contributed by atoms with Gasteiger partial charge in [0, 0.05) is 37.6 Å². The molecule has 5 nitrogen and oxygen atoms in total. The summed E-state index contributed by atoms with van der Waals surface area (Å²) in [6.45, 7) is 1.83. The van der Waals surface area contributed by atoms with E-state index in [1.54, 1.807) is 11.9 Å². The second-order valence-electron chi connectivity index (χ2n) is 5.49. The van der Waals surface area contributed by atoms with E-state index in [0.717, 1.165) is 24.8 Å². The van der Waals surface area contributed by atoms with Crippen molar-refractivity contribution in [3.05, 3.63) is 34.9 Å². The van der Waals surface area contributed by atoms with Gasteiger partial charge in [0.05, 0.1) is 0 Å². The largest absolute Gasteiger partial charge is 0.359 e. The van der Waals surface area contributed by atoms with Gasteiger partial charge in [-0.1, -0.05) is 23.7 Å². The van der Waals surface area contributed by atoms with Gasteiger partial charge in [-0.05, 0) is 37.0 Å². The zero-order chi connectivity index (χ0) is 15.9. The maximum atomic E-state index is 12.1. The SMILES string of the molecule is CNC(=O)C1CCN(C(=O)NCCc2cccc(Cl)c2)CC1.